The van der Waals surface area contributed by atoms with Crippen LogP contribution >= 0.6 is 0 Å². The minimum Gasteiger partial charge on any atom is -0.369 e. The molecule has 2 heteroatoms. The highest BCUT2D eigenvalue weighted by Gasteiger charge is 2.26. The van der Waals surface area contributed by atoms with Gasteiger partial charge >= 0.3 is 0 Å². The van der Waals surface area contributed by atoms with Crippen LogP contribution in [-0.4, -0.2) is 31.1 Å². The maximum Gasteiger partial charge on any atom is 0.0329 e. The number of rotatable bonds is 10. The van der Waals surface area contributed by atoms with Gasteiger partial charge in [-0.15, -0.1) is 6.58 Å². The maximum absolute atomic E-state index is 4.18. The molecule has 1 aliphatic rings. The summed E-state index contributed by atoms with van der Waals surface area (Å²) in [7, 11) is 0. The van der Waals surface area contributed by atoms with Crippen LogP contribution in [0.15, 0.2) is 36.6 Å². The second kappa shape index (κ2) is 10.8. The van der Waals surface area contributed by atoms with Gasteiger partial charge < -0.3 is 10.2 Å². The van der Waals surface area contributed by atoms with Crippen molar-refractivity contribution in [3.05, 3.63) is 36.6 Å². The highest BCUT2D eigenvalue weighted by Crippen LogP contribution is 2.36. The molecule has 1 saturated heterocycles. The molecule has 0 aromatic heterocycles. The molecule has 2 atom stereocenters. The van der Waals surface area contributed by atoms with Crippen LogP contribution in [0.2, 0.25) is 0 Å². The molecule has 0 aromatic carbocycles. The van der Waals surface area contributed by atoms with Crippen LogP contribution in [0, 0.1) is 17.3 Å². The molecule has 0 saturated carbocycles. The molecule has 1 aliphatic heterocycles. The van der Waals surface area contributed by atoms with E-state index in [1.54, 1.807) is 0 Å². The average Bonchev–Trinajstić information content (AvgIpc) is 2.59. The highest BCUT2D eigenvalue weighted by molar-refractivity contribution is 5.21. The molecule has 0 radical (unpaired) electrons. The number of hydrogen-bond acceptors (Lipinski definition) is 2. The van der Waals surface area contributed by atoms with Gasteiger partial charge in [0.25, 0.3) is 0 Å². The van der Waals surface area contributed by atoms with E-state index in [1.165, 1.54) is 31.4 Å². The standard InChI is InChI=1S/C22H40N2/c1-7-11-20(18-22(5,6)10-4)19(9-3)17-21(12-8-2)24-15-13-23-14-16-24/h8-9,12,17,19-20,23H,3,7,10-11,13-16,18H2,1-2,4-6H3/b12-8-,21-17?. The Morgan fingerprint density at radius 3 is 2.42 bits per heavy atom. The molecule has 0 amide bonds. The fraction of sp³-hybridized carbons (Fsp3) is 0.727. The van der Waals surface area contributed by atoms with Gasteiger partial charge in [-0.25, -0.2) is 0 Å². The smallest absolute Gasteiger partial charge is 0.0329 e. The first kappa shape index (κ1) is 21.0. The van der Waals surface area contributed by atoms with Crippen molar-refractivity contribution in [3.8, 4) is 0 Å². The molecule has 2 unspecified atom stereocenters. The normalized spacial score (nSPS) is 19.5. The first-order valence-electron chi connectivity index (χ1n) is 9.90. The molecule has 1 fully saturated rings. The van der Waals surface area contributed by atoms with Gasteiger partial charge in [0.2, 0.25) is 0 Å². The Morgan fingerprint density at radius 1 is 1.25 bits per heavy atom. The van der Waals surface area contributed by atoms with Crippen molar-refractivity contribution in [2.24, 2.45) is 17.3 Å². The molecule has 1 rings (SSSR count). The Kier molecular flexibility index (Phi) is 9.43. The largest absolute Gasteiger partial charge is 0.369 e. The first-order valence-corrected chi connectivity index (χ1v) is 9.90. The summed E-state index contributed by atoms with van der Waals surface area (Å²) in [5.41, 5.74) is 1.78. The molecule has 24 heavy (non-hydrogen) atoms. The van der Waals surface area contributed by atoms with Crippen molar-refractivity contribution in [2.75, 3.05) is 26.2 Å². The summed E-state index contributed by atoms with van der Waals surface area (Å²) < 4.78 is 0. The molecular formula is C22H40N2. The lowest BCUT2D eigenvalue weighted by atomic mass is 9.74. The minimum atomic E-state index is 0.407. The van der Waals surface area contributed by atoms with Gasteiger partial charge in [0.05, 0.1) is 0 Å². The summed E-state index contributed by atoms with van der Waals surface area (Å²) in [5.74, 6) is 1.14. The molecule has 138 valence electrons. The number of allylic oxidation sites excluding steroid dienone is 4. The Balaban J connectivity index is 3.00. The van der Waals surface area contributed by atoms with Crippen LogP contribution in [0.1, 0.15) is 60.3 Å². The van der Waals surface area contributed by atoms with Crippen LogP contribution in [0.4, 0.5) is 0 Å². The van der Waals surface area contributed by atoms with Crippen molar-refractivity contribution >= 4 is 0 Å². The van der Waals surface area contributed by atoms with Gasteiger partial charge in [-0.3, -0.25) is 0 Å². The molecule has 1 heterocycles. The van der Waals surface area contributed by atoms with Crippen molar-refractivity contribution in [2.45, 2.75) is 60.3 Å². The lowest BCUT2D eigenvalue weighted by Crippen LogP contribution is -2.42. The lowest BCUT2D eigenvalue weighted by molar-refractivity contribution is 0.224. The van der Waals surface area contributed by atoms with Crippen molar-refractivity contribution in [3.63, 3.8) is 0 Å². The highest BCUT2D eigenvalue weighted by atomic mass is 15.2. The zero-order chi connectivity index (χ0) is 18.0. The van der Waals surface area contributed by atoms with Gasteiger partial charge in [-0.1, -0.05) is 58.8 Å². The summed E-state index contributed by atoms with van der Waals surface area (Å²) in [6, 6.07) is 0. The number of nitrogens with zero attached hydrogens (tertiary/aromatic N) is 1. The van der Waals surface area contributed by atoms with Crippen LogP contribution in [0.5, 0.6) is 0 Å². The summed E-state index contributed by atoms with van der Waals surface area (Å²) in [6.45, 7) is 20.1. The van der Waals surface area contributed by atoms with E-state index in [0.717, 1.165) is 26.2 Å². The third-order valence-corrected chi connectivity index (χ3v) is 5.43. The first-order chi connectivity index (χ1) is 11.5. The molecule has 0 aliphatic carbocycles. The molecule has 0 aromatic rings. The Morgan fingerprint density at radius 2 is 1.92 bits per heavy atom. The Labute approximate surface area is 151 Å². The van der Waals surface area contributed by atoms with E-state index < -0.39 is 0 Å². The summed E-state index contributed by atoms with van der Waals surface area (Å²) >= 11 is 0. The fourth-order valence-corrected chi connectivity index (χ4v) is 3.61. The van der Waals surface area contributed by atoms with E-state index in [9.17, 15) is 0 Å². The number of nitrogens with one attached hydrogen (secondary N) is 1. The minimum absolute atomic E-state index is 0.407. The second-order valence-corrected chi connectivity index (χ2v) is 7.91. The fourth-order valence-electron chi connectivity index (χ4n) is 3.61. The zero-order valence-corrected chi connectivity index (χ0v) is 16.8. The van der Waals surface area contributed by atoms with Crippen LogP contribution in [0.25, 0.3) is 0 Å². The average molecular weight is 333 g/mol. The molecule has 2 nitrogen and oxygen atoms in total. The maximum atomic E-state index is 4.18. The summed E-state index contributed by atoms with van der Waals surface area (Å²) in [5, 5.41) is 3.45. The van der Waals surface area contributed by atoms with E-state index in [2.05, 4.69) is 75.7 Å². The molecule has 0 spiro atoms. The monoisotopic (exact) mass is 332 g/mol. The lowest BCUT2D eigenvalue weighted by Gasteiger charge is -2.34. The van der Waals surface area contributed by atoms with E-state index in [-0.39, 0.29) is 0 Å². The summed E-state index contributed by atoms with van der Waals surface area (Å²) in [6.07, 6.45) is 14.1. The van der Waals surface area contributed by atoms with Gasteiger partial charge in [0.1, 0.15) is 0 Å². The second-order valence-electron chi connectivity index (χ2n) is 7.91. The van der Waals surface area contributed by atoms with E-state index in [0.29, 0.717) is 17.3 Å². The van der Waals surface area contributed by atoms with E-state index in [4.69, 9.17) is 0 Å². The Hall–Kier alpha value is -1.02. The number of piperazine rings is 1. The predicted molar refractivity (Wildman–Crippen MR) is 108 cm³/mol. The van der Waals surface area contributed by atoms with Gasteiger partial charge in [-0.05, 0) is 43.1 Å². The van der Waals surface area contributed by atoms with Gasteiger partial charge in [0.15, 0.2) is 0 Å². The topological polar surface area (TPSA) is 15.3 Å². The predicted octanol–water partition coefficient (Wildman–Crippen LogP) is 5.40. The van der Waals surface area contributed by atoms with Crippen LogP contribution < -0.4 is 5.32 Å². The number of hydrogen-bond donors (Lipinski definition) is 1. The quantitative estimate of drug-likeness (QED) is 0.426. The third kappa shape index (κ3) is 6.84. The molecular weight excluding hydrogens is 292 g/mol. The van der Waals surface area contributed by atoms with Crippen molar-refractivity contribution in [1.29, 1.82) is 0 Å². The van der Waals surface area contributed by atoms with E-state index in [1.807, 2.05) is 0 Å². The van der Waals surface area contributed by atoms with Crippen LogP contribution in [0.3, 0.4) is 0 Å². The van der Waals surface area contributed by atoms with Crippen molar-refractivity contribution < 1.29 is 0 Å². The summed E-state index contributed by atoms with van der Waals surface area (Å²) in [4.78, 5) is 2.51. The van der Waals surface area contributed by atoms with E-state index >= 15 is 0 Å². The Bertz CT molecular complexity index is 414. The SMILES string of the molecule is C=CC(C=C(/C=C\C)N1CCNCC1)C(CCC)CC(C)(C)CC. The van der Waals surface area contributed by atoms with Crippen LogP contribution in [-0.2, 0) is 0 Å². The zero-order valence-electron chi connectivity index (χ0n) is 16.8. The van der Waals surface area contributed by atoms with Gasteiger partial charge in [0, 0.05) is 31.9 Å². The molecule has 1 N–H and O–H groups in total. The third-order valence-electron chi connectivity index (χ3n) is 5.43. The van der Waals surface area contributed by atoms with Gasteiger partial charge in [-0.2, -0.15) is 0 Å². The van der Waals surface area contributed by atoms with Crippen molar-refractivity contribution in [1.82, 2.24) is 10.2 Å². The molecule has 0 bridgehead atoms.